The Hall–Kier alpha value is -1.49. The molecular formula is C14H18N2O2S. The Labute approximate surface area is 117 Å². The van der Waals surface area contributed by atoms with E-state index in [1.807, 2.05) is 31.2 Å². The molecule has 0 aliphatic carbocycles. The average Bonchev–Trinajstić information content (AvgIpc) is 2.82. The fourth-order valence-electron chi connectivity index (χ4n) is 1.44. The number of hydrogen-bond donors (Lipinski definition) is 0. The molecule has 0 amide bonds. The van der Waals surface area contributed by atoms with Crippen LogP contribution in [0.15, 0.2) is 33.9 Å². The van der Waals surface area contributed by atoms with Crippen molar-refractivity contribution in [3.63, 3.8) is 0 Å². The molecule has 0 bridgehead atoms. The summed E-state index contributed by atoms with van der Waals surface area (Å²) in [5, 5.41) is 8.56. The van der Waals surface area contributed by atoms with Crippen LogP contribution in [0, 0.1) is 12.8 Å². The quantitative estimate of drug-likeness (QED) is 0.754. The zero-order chi connectivity index (χ0) is 13.7. The van der Waals surface area contributed by atoms with E-state index in [9.17, 15) is 0 Å². The number of aryl methyl sites for hydroxylation is 1. The summed E-state index contributed by atoms with van der Waals surface area (Å²) in [6.07, 6.45) is 0. The number of benzene rings is 1. The fraction of sp³-hybridized carbons (Fsp3) is 0.429. The third-order valence-electron chi connectivity index (χ3n) is 2.34. The molecule has 2 aromatic rings. The lowest BCUT2D eigenvalue weighted by Gasteiger charge is -2.03. The van der Waals surface area contributed by atoms with Gasteiger partial charge in [-0.15, -0.1) is 10.2 Å². The molecule has 0 saturated carbocycles. The molecule has 1 heterocycles. The molecule has 0 unspecified atom stereocenters. The fourth-order valence-corrected chi connectivity index (χ4v) is 2.17. The largest absolute Gasteiger partial charge is 0.484 e. The lowest BCUT2D eigenvalue weighted by Crippen LogP contribution is -1.95. The van der Waals surface area contributed by atoms with Crippen LogP contribution in [0.3, 0.4) is 0 Å². The molecule has 0 aliphatic heterocycles. The Morgan fingerprint density at radius 3 is 2.89 bits per heavy atom. The third-order valence-corrected chi connectivity index (χ3v) is 3.59. The zero-order valence-corrected chi connectivity index (χ0v) is 12.2. The molecule has 1 aromatic carbocycles. The average molecular weight is 278 g/mol. The van der Waals surface area contributed by atoms with Crippen molar-refractivity contribution in [2.45, 2.75) is 32.6 Å². The maximum absolute atomic E-state index is 5.61. The number of rotatable bonds is 6. The van der Waals surface area contributed by atoms with Crippen LogP contribution >= 0.6 is 11.8 Å². The van der Waals surface area contributed by atoms with Gasteiger partial charge in [0.25, 0.3) is 11.1 Å². The standard InChI is InChI=1S/C14H18N2O2S/c1-10(2)9-19-14-16-15-13(18-14)8-17-12-6-4-5-11(3)7-12/h4-7,10H,8-9H2,1-3H3. The smallest absolute Gasteiger partial charge is 0.276 e. The first kappa shape index (κ1) is 13.9. The monoisotopic (exact) mass is 278 g/mol. The van der Waals surface area contributed by atoms with Crippen molar-refractivity contribution in [1.29, 1.82) is 0 Å². The van der Waals surface area contributed by atoms with Crippen LogP contribution in [0.4, 0.5) is 0 Å². The van der Waals surface area contributed by atoms with Gasteiger partial charge in [0.1, 0.15) is 5.75 Å². The van der Waals surface area contributed by atoms with E-state index in [1.54, 1.807) is 11.8 Å². The molecule has 0 radical (unpaired) electrons. The van der Waals surface area contributed by atoms with Gasteiger partial charge in [-0.3, -0.25) is 0 Å². The van der Waals surface area contributed by atoms with Crippen molar-refractivity contribution in [3.8, 4) is 5.75 Å². The van der Waals surface area contributed by atoms with Crippen LogP contribution < -0.4 is 4.74 Å². The highest BCUT2D eigenvalue weighted by molar-refractivity contribution is 7.99. The summed E-state index contributed by atoms with van der Waals surface area (Å²) in [6.45, 7) is 6.65. The van der Waals surface area contributed by atoms with Gasteiger partial charge in [-0.05, 0) is 30.5 Å². The topological polar surface area (TPSA) is 48.2 Å². The minimum atomic E-state index is 0.304. The van der Waals surface area contributed by atoms with E-state index < -0.39 is 0 Å². The summed E-state index contributed by atoms with van der Waals surface area (Å²) in [5.41, 5.74) is 1.16. The number of thioether (sulfide) groups is 1. The second-order valence-corrected chi connectivity index (χ2v) is 5.74. The molecule has 0 N–H and O–H groups in total. The lowest BCUT2D eigenvalue weighted by molar-refractivity contribution is 0.252. The van der Waals surface area contributed by atoms with Crippen molar-refractivity contribution >= 4 is 11.8 Å². The van der Waals surface area contributed by atoms with Crippen LogP contribution in [0.25, 0.3) is 0 Å². The molecule has 0 spiro atoms. The summed E-state index contributed by atoms with van der Waals surface area (Å²) in [7, 11) is 0. The molecule has 0 atom stereocenters. The first-order chi connectivity index (χ1) is 9.13. The van der Waals surface area contributed by atoms with E-state index >= 15 is 0 Å². The third kappa shape index (κ3) is 4.59. The highest BCUT2D eigenvalue weighted by Crippen LogP contribution is 2.20. The van der Waals surface area contributed by atoms with Crippen LogP contribution in [0.5, 0.6) is 5.75 Å². The van der Waals surface area contributed by atoms with Crippen molar-refractivity contribution in [1.82, 2.24) is 10.2 Å². The molecule has 19 heavy (non-hydrogen) atoms. The number of nitrogens with zero attached hydrogens (tertiary/aromatic N) is 2. The van der Waals surface area contributed by atoms with Gasteiger partial charge < -0.3 is 9.15 Å². The van der Waals surface area contributed by atoms with Gasteiger partial charge in [0.05, 0.1) is 0 Å². The van der Waals surface area contributed by atoms with Crippen molar-refractivity contribution < 1.29 is 9.15 Å². The molecule has 1 aromatic heterocycles. The summed E-state index contributed by atoms with van der Waals surface area (Å²) in [5.74, 6) is 2.90. The van der Waals surface area contributed by atoms with Gasteiger partial charge in [-0.25, -0.2) is 0 Å². The molecule has 0 aliphatic rings. The Morgan fingerprint density at radius 2 is 2.16 bits per heavy atom. The Balaban J connectivity index is 1.86. The Bertz CT molecular complexity index is 526. The predicted molar refractivity (Wildman–Crippen MR) is 75.4 cm³/mol. The second kappa shape index (κ2) is 6.61. The predicted octanol–water partition coefficient (Wildman–Crippen LogP) is 3.71. The van der Waals surface area contributed by atoms with E-state index in [0.717, 1.165) is 17.1 Å². The normalized spacial score (nSPS) is 10.9. The van der Waals surface area contributed by atoms with Crippen LogP contribution in [0.1, 0.15) is 25.3 Å². The summed E-state index contributed by atoms with van der Waals surface area (Å²) < 4.78 is 11.1. The first-order valence-corrected chi connectivity index (χ1v) is 7.26. The summed E-state index contributed by atoms with van der Waals surface area (Å²) in [4.78, 5) is 0. The minimum Gasteiger partial charge on any atom is -0.484 e. The molecule has 102 valence electrons. The van der Waals surface area contributed by atoms with Crippen LogP contribution in [0.2, 0.25) is 0 Å². The number of hydrogen-bond acceptors (Lipinski definition) is 5. The van der Waals surface area contributed by atoms with E-state index in [-0.39, 0.29) is 0 Å². The lowest BCUT2D eigenvalue weighted by atomic mass is 10.2. The van der Waals surface area contributed by atoms with E-state index in [4.69, 9.17) is 9.15 Å². The highest BCUT2D eigenvalue weighted by Gasteiger charge is 2.08. The van der Waals surface area contributed by atoms with E-state index in [2.05, 4.69) is 24.0 Å². The SMILES string of the molecule is Cc1cccc(OCc2nnc(SCC(C)C)o2)c1. The van der Waals surface area contributed by atoms with Crippen LogP contribution in [-0.2, 0) is 6.61 Å². The minimum absolute atomic E-state index is 0.304. The van der Waals surface area contributed by atoms with Gasteiger partial charge in [-0.1, -0.05) is 37.7 Å². The Morgan fingerprint density at radius 1 is 1.32 bits per heavy atom. The van der Waals surface area contributed by atoms with Crippen molar-refractivity contribution in [2.24, 2.45) is 5.92 Å². The molecule has 0 saturated heterocycles. The Kier molecular flexibility index (Phi) is 4.85. The van der Waals surface area contributed by atoms with Gasteiger partial charge in [0, 0.05) is 5.75 Å². The maximum atomic E-state index is 5.61. The molecule has 5 heteroatoms. The summed E-state index contributed by atoms with van der Waals surface area (Å²) in [6, 6.07) is 7.88. The van der Waals surface area contributed by atoms with Gasteiger partial charge in [0.2, 0.25) is 0 Å². The second-order valence-electron chi connectivity index (χ2n) is 4.77. The van der Waals surface area contributed by atoms with Crippen molar-refractivity contribution in [3.05, 3.63) is 35.7 Å². The van der Waals surface area contributed by atoms with E-state index in [0.29, 0.717) is 23.6 Å². The van der Waals surface area contributed by atoms with Gasteiger partial charge in [0.15, 0.2) is 6.61 Å². The zero-order valence-electron chi connectivity index (χ0n) is 11.4. The van der Waals surface area contributed by atoms with Gasteiger partial charge >= 0.3 is 0 Å². The maximum Gasteiger partial charge on any atom is 0.276 e. The van der Waals surface area contributed by atoms with Gasteiger partial charge in [-0.2, -0.15) is 0 Å². The first-order valence-electron chi connectivity index (χ1n) is 6.28. The van der Waals surface area contributed by atoms with Crippen LogP contribution in [-0.4, -0.2) is 16.0 Å². The molecule has 4 nitrogen and oxygen atoms in total. The number of ether oxygens (including phenoxy) is 1. The summed E-state index contributed by atoms with van der Waals surface area (Å²) >= 11 is 1.58. The molecule has 2 rings (SSSR count). The van der Waals surface area contributed by atoms with Crippen molar-refractivity contribution in [2.75, 3.05) is 5.75 Å². The highest BCUT2D eigenvalue weighted by atomic mass is 32.2. The molecular weight excluding hydrogens is 260 g/mol. The number of aromatic nitrogens is 2. The molecule has 0 fully saturated rings. The van der Waals surface area contributed by atoms with E-state index in [1.165, 1.54) is 0 Å².